The molecule has 1 amide bonds. The van der Waals surface area contributed by atoms with E-state index in [9.17, 15) is 9.59 Å². The van der Waals surface area contributed by atoms with Crippen molar-refractivity contribution < 1.29 is 19.4 Å². The van der Waals surface area contributed by atoms with E-state index >= 15 is 0 Å². The SMILES string of the molecule is CC(C)C(N)C(=O)N(C)C1COCC1C(=O)O. The summed E-state index contributed by atoms with van der Waals surface area (Å²) in [6.45, 7) is 4.12. The third-order valence-corrected chi connectivity index (χ3v) is 3.22. The average molecular weight is 244 g/mol. The maximum absolute atomic E-state index is 12.0. The highest BCUT2D eigenvalue weighted by atomic mass is 16.5. The smallest absolute Gasteiger partial charge is 0.311 e. The highest BCUT2D eigenvalue weighted by molar-refractivity contribution is 5.83. The van der Waals surface area contributed by atoms with Crippen LogP contribution in [0.1, 0.15) is 13.8 Å². The molecule has 1 heterocycles. The molecule has 1 saturated heterocycles. The zero-order valence-corrected chi connectivity index (χ0v) is 10.4. The van der Waals surface area contributed by atoms with Crippen LogP contribution in [0.5, 0.6) is 0 Å². The Labute approximate surface area is 101 Å². The number of carbonyl (C=O) groups excluding carboxylic acids is 1. The number of hydrogen-bond acceptors (Lipinski definition) is 4. The first-order chi connectivity index (χ1) is 7.86. The number of nitrogens with zero attached hydrogens (tertiary/aromatic N) is 1. The molecule has 0 aromatic carbocycles. The molecule has 0 bridgehead atoms. The molecule has 0 aliphatic carbocycles. The highest BCUT2D eigenvalue weighted by Gasteiger charge is 2.39. The second-order valence-electron chi connectivity index (χ2n) is 4.77. The van der Waals surface area contributed by atoms with Gasteiger partial charge < -0.3 is 20.5 Å². The summed E-state index contributed by atoms with van der Waals surface area (Å²) < 4.78 is 5.13. The van der Waals surface area contributed by atoms with Crippen molar-refractivity contribution in [1.29, 1.82) is 0 Å². The Morgan fingerprint density at radius 1 is 1.41 bits per heavy atom. The lowest BCUT2D eigenvalue weighted by atomic mass is 9.99. The van der Waals surface area contributed by atoms with Crippen LogP contribution in [0, 0.1) is 11.8 Å². The monoisotopic (exact) mass is 244 g/mol. The molecule has 3 unspecified atom stereocenters. The summed E-state index contributed by atoms with van der Waals surface area (Å²) >= 11 is 0. The number of hydrogen-bond donors (Lipinski definition) is 2. The van der Waals surface area contributed by atoms with Crippen molar-refractivity contribution in [3.63, 3.8) is 0 Å². The van der Waals surface area contributed by atoms with Crippen LogP contribution in [-0.4, -0.2) is 54.2 Å². The van der Waals surface area contributed by atoms with Gasteiger partial charge in [0.2, 0.25) is 5.91 Å². The summed E-state index contributed by atoms with van der Waals surface area (Å²) in [4.78, 5) is 24.4. The van der Waals surface area contributed by atoms with E-state index < -0.39 is 24.0 Å². The molecule has 0 radical (unpaired) electrons. The first kappa shape index (κ1) is 13.9. The Hall–Kier alpha value is -1.14. The van der Waals surface area contributed by atoms with Gasteiger partial charge in [0.05, 0.1) is 25.3 Å². The van der Waals surface area contributed by atoms with Crippen LogP contribution in [0.3, 0.4) is 0 Å². The average Bonchev–Trinajstić information content (AvgIpc) is 2.74. The molecule has 6 heteroatoms. The molecule has 0 aromatic heterocycles. The van der Waals surface area contributed by atoms with E-state index in [1.165, 1.54) is 4.90 Å². The van der Waals surface area contributed by atoms with Crippen LogP contribution >= 0.6 is 0 Å². The number of carboxylic acids is 1. The summed E-state index contributed by atoms with van der Waals surface area (Å²) in [5.41, 5.74) is 5.77. The lowest BCUT2D eigenvalue weighted by molar-refractivity contribution is -0.145. The van der Waals surface area contributed by atoms with E-state index in [1.54, 1.807) is 7.05 Å². The number of ether oxygens (including phenoxy) is 1. The first-order valence-corrected chi connectivity index (χ1v) is 5.69. The van der Waals surface area contributed by atoms with Crippen molar-refractivity contribution in [1.82, 2.24) is 4.90 Å². The van der Waals surface area contributed by atoms with Gasteiger partial charge in [-0.3, -0.25) is 9.59 Å². The van der Waals surface area contributed by atoms with Crippen LogP contribution in [-0.2, 0) is 14.3 Å². The Bertz CT molecular complexity index is 306. The largest absolute Gasteiger partial charge is 0.481 e. The second kappa shape index (κ2) is 5.46. The number of rotatable bonds is 4. The van der Waals surface area contributed by atoms with Crippen molar-refractivity contribution in [2.45, 2.75) is 25.9 Å². The first-order valence-electron chi connectivity index (χ1n) is 5.69. The molecular formula is C11H20N2O4. The van der Waals surface area contributed by atoms with Gasteiger partial charge in [0.1, 0.15) is 5.92 Å². The van der Waals surface area contributed by atoms with Crippen molar-refractivity contribution in [3.8, 4) is 0 Å². The van der Waals surface area contributed by atoms with Crippen molar-refractivity contribution >= 4 is 11.9 Å². The number of amides is 1. The molecule has 0 aromatic rings. The number of likely N-dealkylation sites (N-methyl/N-ethyl adjacent to an activating group) is 1. The van der Waals surface area contributed by atoms with E-state index in [-0.39, 0.29) is 25.0 Å². The summed E-state index contributed by atoms with van der Waals surface area (Å²) in [6.07, 6.45) is 0. The predicted octanol–water partition coefficient (Wildman–Crippen LogP) is -0.472. The van der Waals surface area contributed by atoms with E-state index in [1.807, 2.05) is 13.8 Å². The van der Waals surface area contributed by atoms with Crippen LogP contribution in [0.15, 0.2) is 0 Å². The van der Waals surface area contributed by atoms with Crippen molar-refractivity contribution in [2.75, 3.05) is 20.3 Å². The Kier molecular flexibility index (Phi) is 4.47. The summed E-state index contributed by atoms with van der Waals surface area (Å²) in [7, 11) is 1.58. The molecule has 98 valence electrons. The third kappa shape index (κ3) is 2.95. The van der Waals surface area contributed by atoms with Gasteiger partial charge in [0.25, 0.3) is 0 Å². The van der Waals surface area contributed by atoms with Gasteiger partial charge in [-0.05, 0) is 5.92 Å². The quantitative estimate of drug-likeness (QED) is 0.697. The van der Waals surface area contributed by atoms with E-state index in [0.29, 0.717) is 0 Å². The number of carboxylic acid groups (broad SMARTS) is 1. The minimum atomic E-state index is -0.940. The molecule has 1 fully saturated rings. The maximum Gasteiger partial charge on any atom is 0.311 e. The second-order valence-corrected chi connectivity index (χ2v) is 4.77. The molecule has 0 saturated carbocycles. The van der Waals surface area contributed by atoms with Gasteiger partial charge in [0, 0.05) is 7.05 Å². The number of nitrogens with two attached hydrogens (primary N) is 1. The molecular weight excluding hydrogens is 224 g/mol. The normalized spacial score (nSPS) is 25.9. The lowest BCUT2D eigenvalue weighted by Crippen LogP contribution is -2.51. The summed E-state index contributed by atoms with van der Waals surface area (Å²) in [5.74, 6) is -1.81. The molecule has 6 nitrogen and oxygen atoms in total. The molecule has 17 heavy (non-hydrogen) atoms. The van der Waals surface area contributed by atoms with Gasteiger partial charge in [0.15, 0.2) is 0 Å². The number of carbonyl (C=O) groups is 2. The standard InChI is InChI=1S/C11H20N2O4/c1-6(2)9(12)10(14)13(3)8-5-17-4-7(8)11(15)16/h6-9H,4-5,12H2,1-3H3,(H,15,16). The fraction of sp³-hybridized carbons (Fsp3) is 0.818. The van der Waals surface area contributed by atoms with Crippen LogP contribution in [0.2, 0.25) is 0 Å². The topological polar surface area (TPSA) is 92.9 Å². The Morgan fingerprint density at radius 2 is 2.00 bits per heavy atom. The summed E-state index contributed by atoms with van der Waals surface area (Å²) in [5, 5.41) is 9.01. The maximum atomic E-state index is 12.0. The summed E-state index contributed by atoms with van der Waals surface area (Å²) in [6, 6.07) is -1.03. The van der Waals surface area contributed by atoms with Gasteiger partial charge in [-0.2, -0.15) is 0 Å². The molecule has 1 aliphatic rings. The fourth-order valence-corrected chi connectivity index (χ4v) is 1.84. The van der Waals surface area contributed by atoms with Crippen LogP contribution in [0.4, 0.5) is 0 Å². The highest BCUT2D eigenvalue weighted by Crippen LogP contribution is 2.20. The van der Waals surface area contributed by atoms with E-state index in [4.69, 9.17) is 15.6 Å². The molecule has 0 spiro atoms. The predicted molar refractivity (Wildman–Crippen MR) is 61.3 cm³/mol. The Morgan fingerprint density at radius 3 is 2.47 bits per heavy atom. The van der Waals surface area contributed by atoms with Crippen LogP contribution < -0.4 is 5.73 Å². The zero-order valence-electron chi connectivity index (χ0n) is 10.4. The molecule has 3 N–H and O–H groups in total. The van der Waals surface area contributed by atoms with E-state index in [2.05, 4.69) is 0 Å². The van der Waals surface area contributed by atoms with Crippen molar-refractivity contribution in [3.05, 3.63) is 0 Å². The molecule has 1 rings (SSSR count). The molecule has 1 aliphatic heterocycles. The fourth-order valence-electron chi connectivity index (χ4n) is 1.84. The van der Waals surface area contributed by atoms with E-state index in [0.717, 1.165) is 0 Å². The minimum absolute atomic E-state index is 0.0237. The molecule has 3 atom stereocenters. The zero-order chi connectivity index (χ0) is 13.2. The lowest BCUT2D eigenvalue weighted by Gasteiger charge is -2.29. The minimum Gasteiger partial charge on any atom is -0.481 e. The Balaban J connectivity index is 2.72. The van der Waals surface area contributed by atoms with Gasteiger partial charge in [-0.1, -0.05) is 13.8 Å². The van der Waals surface area contributed by atoms with Crippen molar-refractivity contribution in [2.24, 2.45) is 17.6 Å². The van der Waals surface area contributed by atoms with Gasteiger partial charge in [-0.15, -0.1) is 0 Å². The van der Waals surface area contributed by atoms with Gasteiger partial charge >= 0.3 is 5.97 Å². The van der Waals surface area contributed by atoms with Crippen LogP contribution in [0.25, 0.3) is 0 Å². The third-order valence-electron chi connectivity index (χ3n) is 3.22. The van der Waals surface area contributed by atoms with Gasteiger partial charge in [-0.25, -0.2) is 0 Å². The number of aliphatic carboxylic acids is 1.